The zero-order valence-electron chi connectivity index (χ0n) is 12.9. The molecule has 0 saturated carbocycles. The van der Waals surface area contributed by atoms with Gasteiger partial charge in [-0.3, -0.25) is 4.79 Å². The summed E-state index contributed by atoms with van der Waals surface area (Å²) in [4.78, 5) is 12.1. The Bertz CT molecular complexity index is 645. The molecule has 1 aromatic rings. The Morgan fingerprint density at radius 3 is 2.78 bits per heavy atom. The van der Waals surface area contributed by atoms with E-state index < -0.39 is 10.0 Å². The summed E-state index contributed by atoms with van der Waals surface area (Å²) in [6, 6.07) is 4.71. The second-order valence-electron chi connectivity index (χ2n) is 5.20. The van der Waals surface area contributed by atoms with Crippen molar-refractivity contribution in [3.8, 4) is 0 Å². The Kier molecular flexibility index (Phi) is 7.43. The van der Waals surface area contributed by atoms with Crippen LogP contribution in [0.3, 0.4) is 0 Å². The molecule has 2 rings (SSSR count). The highest BCUT2D eigenvalue weighted by Gasteiger charge is 2.18. The number of aryl methyl sites for hydroxylation is 1. The number of hydrogen-bond acceptors (Lipinski definition) is 5. The number of rotatable bonds is 5. The quantitative estimate of drug-likeness (QED) is 0.710. The molecule has 1 aliphatic heterocycles. The molecule has 23 heavy (non-hydrogen) atoms. The van der Waals surface area contributed by atoms with Crippen LogP contribution in [0.2, 0.25) is 0 Å². The van der Waals surface area contributed by atoms with Gasteiger partial charge in [0.1, 0.15) is 0 Å². The molecule has 1 heterocycles. The number of halogens is 1. The second kappa shape index (κ2) is 8.60. The van der Waals surface area contributed by atoms with Crippen molar-refractivity contribution in [2.24, 2.45) is 5.14 Å². The van der Waals surface area contributed by atoms with E-state index in [-0.39, 0.29) is 35.7 Å². The molecule has 0 spiro atoms. The molecular formula is C14H22ClN3O4S. The standard InChI is InChI=1S/C14H21N3O4S.ClH/c1-2-10-3-4-11(7-13(10)22(15,19)20)17-14(18)8-12-9-21-6-5-16-12;/h3-4,7,12,16H,2,5-6,8-9H2,1H3,(H,17,18)(H2,15,19,20);1H. The van der Waals surface area contributed by atoms with Crippen molar-refractivity contribution in [1.82, 2.24) is 5.32 Å². The number of carbonyl (C=O) groups excluding carboxylic acids is 1. The third-order valence-corrected chi connectivity index (χ3v) is 4.46. The van der Waals surface area contributed by atoms with E-state index in [0.29, 0.717) is 30.9 Å². The third kappa shape index (κ3) is 5.74. The summed E-state index contributed by atoms with van der Waals surface area (Å²) >= 11 is 0. The van der Waals surface area contributed by atoms with Crippen molar-refractivity contribution >= 4 is 34.0 Å². The molecule has 1 atom stereocenters. The van der Waals surface area contributed by atoms with Gasteiger partial charge in [-0.25, -0.2) is 13.6 Å². The summed E-state index contributed by atoms with van der Waals surface area (Å²) in [6.45, 7) is 3.70. The molecule has 130 valence electrons. The van der Waals surface area contributed by atoms with Crippen molar-refractivity contribution in [2.75, 3.05) is 25.1 Å². The van der Waals surface area contributed by atoms with Crippen LogP contribution < -0.4 is 15.8 Å². The molecule has 1 aliphatic rings. The van der Waals surface area contributed by atoms with E-state index in [0.717, 1.165) is 6.54 Å². The van der Waals surface area contributed by atoms with E-state index in [9.17, 15) is 13.2 Å². The number of morpholine rings is 1. The van der Waals surface area contributed by atoms with E-state index in [2.05, 4.69) is 10.6 Å². The van der Waals surface area contributed by atoms with Gasteiger partial charge in [0.05, 0.1) is 18.1 Å². The SMILES string of the molecule is CCc1ccc(NC(=O)CC2COCCN2)cc1S(N)(=O)=O.Cl. The summed E-state index contributed by atoms with van der Waals surface area (Å²) in [5, 5.41) is 11.1. The number of hydrogen-bond donors (Lipinski definition) is 3. The maximum Gasteiger partial charge on any atom is 0.238 e. The largest absolute Gasteiger partial charge is 0.378 e. The molecule has 0 aliphatic carbocycles. The average molecular weight is 364 g/mol. The van der Waals surface area contributed by atoms with Crippen LogP contribution in [0.1, 0.15) is 18.9 Å². The predicted octanol–water partition coefficient (Wildman–Crippen LogP) is 0.635. The number of sulfonamides is 1. The molecule has 9 heteroatoms. The Morgan fingerprint density at radius 2 is 2.22 bits per heavy atom. The lowest BCUT2D eigenvalue weighted by atomic mass is 10.1. The first-order valence-corrected chi connectivity index (χ1v) is 8.71. The van der Waals surface area contributed by atoms with Crippen LogP contribution in [-0.2, 0) is 26.0 Å². The summed E-state index contributed by atoms with van der Waals surface area (Å²) in [7, 11) is -3.81. The highest BCUT2D eigenvalue weighted by Crippen LogP contribution is 2.20. The van der Waals surface area contributed by atoms with Crippen LogP contribution in [0, 0.1) is 0 Å². The first-order chi connectivity index (χ1) is 10.4. The smallest absolute Gasteiger partial charge is 0.238 e. The van der Waals surface area contributed by atoms with Gasteiger partial charge in [0, 0.05) is 24.7 Å². The number of nitrogens with two attached hydrogens (primary N) is 1. The fraction of sp³-hybridized carbons (Fsp3) is 0.500. The molecule has 0 radical (unpaired) electrons. The predicted molar refractivity (Wildman–Crippen MR) is 90.3 cm³/mol. The summed E-state index contributed by atoms with van der Waals surface area (Å²) in [6.07, 6.45) is 0.809. The lowest BCUT2D eigenvalue weighted by Gasteiger charge is -2.23. The Hall–Kier alpha value is -1.19. The minimum absolute atomic E-state index is 0. The molecule has 1 unspecified atom stereocenters. The van der Waals surface area contributed by atoms with Gasteiger partial charge in [-0.15, -0.1) is 12.4 Å². The van der Waals surface area contributed by atoms with Crippen LogP contribution in [0.4, 0.5) is 5.69 Å². The molecule has 1 amide bonds. The van der Waals surface area contributed by atoms with E-state index >= 15 is 0 Å². The molecule has 1 saturated heterocycles. The maximum absolute atomic E-state index is 12.0. The van der Waals surface area contributed by atoms with Crippen LogP contribution in [-0.4, -0.2) is 40.1 Å². The summed E-state index contributed by atoms with van der Waals surface area (Å²) in [5.74, 6) is -0.201. The zero-order valence-corrected chi connectivity index (χ0v) is 14.5. The topological polar surface area (TPSA) is 111 Å². The number of benzene rings is 1. The average Bonchev–Trinajstić information content (AvgIpc) is 2.47. The second-order valence-corrected chi connectivity index (χ2v) is 6.73. The molecular weight excluding hydrogens is 342 g/mol. The highest BCUT2D eigenvalue weighted by molar-refractivity contribution is 7.89. The van der Waals surface area contributed by atoms with Crippen molar-refractivity contribution in [3.05, 3.63) is 23.8 Å². The maximum atomic E-state index is 12.0. The number of nitrogens with one attached hydrogen (secondary N) is 2. The minimum atomic E-state index is -3.81. The van der Waals surface area contributed by atoms with E-state index in [1.54, 1.807) is 12.1 Å². The Morgan fingerprint density at radius 1 is 1.48 bits per heavy atom. The fourth-order valence-electron chi connectivity index (χ4n) is 2.38. The number of primary sulfonamides is 1. The number of ether oxygens (including phenoxy) is 1. The third-order valence-electron chi connectivity index (χ3n) is 3.47. The summed E-state index contributed by atoms with van der Waals surface area (Å²) in [5.41, 5.74) is 1.05. The first-order valence-electron chi connectivity index (χ1n) is 7.17. The normalized spacial score (nSPS) is 18.1. The van der Waals surface area contributed by atoms with Gasteiger partial charge in [-0.05, 0) is 24.1 Å². The summed E-state index contributed by atoms with van der Waals surface area (Å²) < 4.78 is 28.5. The van der Waals surface area contributed by atoms with Gasteiger partial charge in [0.15, 0.2) is 0 Å². The minimum Gasteiger partial charge on any atom is -0.378 e. The molecule has 0 aromatic heterocycles. The van der Waals surface area contributed by atoms with Crippen molar-refractivity contribution in [2.45, 2.75) is 30.7 Å². The van der Waals surface area contributed by atoms with Crippen LogP contribution >= 0.6 is 12.4 Å². The Labute approximate surface area is 142 Å². The fourth-order valence-corrected chi connectivity index (χ4v) is 3.24. The van der Waals surface area contributed by atoms with Gasteiger partial charge in [0.25, 0.3) is 0 Å². The van der Waals surface area contributed by atoms with E-state index in [1.807, 2.05) is 6.92 Å². The molecule has 0 bridgehead atoms. The lowest BCUT2D eigenvalue weighted by molar-refractivity contribution is -0.117. The first kappa shape index (κ1) is 19.9. The number of carbonyl (C=O) groups is 1. The van der Waals surface area contributed by atoms with Gasteiger partial charge >= 0.3 is 0 Å². The molecule has 1 aromatic carbocycles. The monoisotopic (exact) mass is 363 g/mol. The van der Waals surface area contributed by atoms with Gasteiger partial charge in [-0.2, -0.15) is 0 Å². The lowest BCUT2D eigenvalue weighted by Crippen LogP contribution is -2.43. The van der Waals surface area contributed by atoms with Crippen LogP contribution in [0.25, 0.3) is 0 Å². The van der Waals surface area contributed by atoms with E-state index in [1.165, 1.54) is 6.07 Å². The molecule has 1 fully saturated rings. The number of amides is 1. The number of anilines is 1. The van der Waals surface area contributed by atoms with Crippen molar-refractivity contribution < 1.29 is 17.9 Å². The van der Waals surface area contributed by atoms with Crippen molar-refractivity contribution in [1.29, 1.82) is 0 Å². The zero-order chi connectivity index (χ0) is 16.2. The van der Waals surface area contributed by atoms with Crippen molar-refractivity contribution in [3.63, 3.8) is 0 Å². The Balaban J connectivity index is 0.00000264. The van der Waals surface area contributed by atoms with Gasteiger partial charge < -0.3 is 15.4 Å². The van der Waals surface area contributed by atoms with Crippen LogP contribution in [0.5, 0.6) is 0 Å². The van der Waals surface area contributed by atoms with E-state index in [4.69, 9.17) is 9.88 Å². The van der Waals surface area contributed by atoms with Gasteiger partial charge in [0.2, 0.25) is 15.9 Å². The molecule has 4 N–H and O–H groups in total. The van der Waals surface area contributed by atoms with Crippen LogP contribution in [0.15, 0.2) is 23.1 Å². The highest BCUT2D eigenvalue weighted by atomic mass is 35.5. The molecule has 7 nitrogen and oxygen atoms in total. The van der Waals surface area contributed by atoms with Gasteiger partial charge in [-0.1, -0.05) is 13.0 Å².